The first-order valence-electron chi connectivity index (χ1n) is 7.13. The van der Waals surface area contributed by atoms with Gasteiger partial charge < -0.3 is 9.09 Å². The van der Waals surface area contributed by atoms with E-state index in [1.165, 1.54) is 0 Å². The van der Waals surface area contributed by atoms with Gasteiger partial charge in [0, 0.05) is 13.5 Å². The van der Waals surface area contributed by atoms with Crippen LogP contribution in [0.3, 0.4) is 0 Å². The first-order chi connectivity index (χ1) is 10.3. The summed E-state index contributed by atoms with van der Waals surface area (Å²) in [7, 11) is 2.03. The number of aryl methyl sites for hydroxylation is 2. The maximum Gasteiger partial charge on any atom is 0.226 e. The average molecular weight is 302 g/mol. The molecule has 0 bridgehead atoms. The summed E-state index contributed by atoms with van der Waals surface area (Å²) in [5, 5.41) is 4.99. The molecule has 0 atom stereocenters. The van der Waals surface area contributed by atoms with Gasteiger partial charge in [-0.1, -0.05) is 42.4 Å². The molecule has 21 heavy (non-hydrogen) atoms. The highest BCUT2D eigenvalue weighted by Gasteiger charge is 2.11. The lowest BCUT2D eigenvalue weighted by atomic mass is 10.2. The van der Waals surface area contributed by atoms with E-state index in [2.05, 4.69) is 32.7 Å². The Hall–Kier alpha value is -1.82. The molecular formula is C15H18N4OS. The number of unbranched alkanes of at least 4 members (excludes halogenated alkanes) is 1. The second-order valence-corrected chi connectivity index (χ2v) is 5.88. The molecule has 3 aromatic rings. The first-order valence-corrected chi connectivity index (χ1v) is 8.12. The Bertz CT molecular complexity index is 734. The molecule has 0 saturated carbocycles. The van der Waals surface area contributed by atoms with Crippen LogP contribution >= 0.6 is 11.8 Å². The van der Waals surface area contributed by atoms with Crippen molar-refractivity contribution < 1.29 is 4.52 Å². The van der Waals surface area contributed by atoms with Crippen molar-refractivity contribution >= 4 is 22.8 Å². The zero-order chi connectivity index (χ0) is 14.7. The van der Waals surface area contributed by atoms with Crippen LogP contribution in [0.25, 0.3) is 11.0 Å². The van der Waals surface area contributed by atoms with Gasteiger partial charge in [0.05, 0.1) is 16.8 Å². The van der Waals surface area contributed by atoms with Crippen LogP contribution in [-0.4, -0.2) is 19.7 Å². The van der Waals surface area contributed by atoms with Crippen LogP contribution in [0, 0.1) is 0 Å². The molecule has 0 radical (unpaired) electrons. The van der Waals surface area contributed by atoms with E-state index in [4.69, 9.17) is 4.52 Å². The van der Waals surface area contributed by atoms with Crippen LogP contribution in [0.4, 0.5) is 0 Å². The second-order valence-electron chi connectivity index (χ2n) is 4.94. The zero-order valence-electron chi connectivity index (χ0n) is 12.2. The SMILES string of the molecule is CCCCc1nc(CSc2nc3ccccc3n2C)no1. The standard InChI is InChI=1S/C15H18N4OS/c1-3-4-9-14-17-13(18-20-14)10-21-15-16-11-7-5-6-8-12(11)19(15)2/h5-8H,3-4,9-10H2,1-2H3. The topological polar surface area (TPSA) is 56.7 Å². The van der Waals surface area contributed by atoms with Crippen molar-refractivity contribution in [3.63, 3.8) is 0 Å². The minimum atomic E-state index is 0.673. The van der Waals surface area contributed by atoms with Crippen LogP contribution in [0.15, 0.2) is 33.9 Å². The Morgan fingerprint density at radius 1 is 1.24 bits per heavy atom. The Kier molecular flexibility index (Phi) is 4.24. The van der Waals surface area contributed by atoms with Crippen LogP contribution < -0.4 is 0 Å². The molecule has 0 saturated heterocycles. The Morgan fingerprint density at radius 2 is 2.10 bits per heavy atom. The molecule has 1 aromatic carbocycles. The summed E-state index contributed by atoms with van der Waals surface area (Å²) in [6.07, 6.45) is 3.08. The molecule has 0 fully saturated rings. The highest BCUT2D eigenvalue weighted by atomic mass is 32.2. The highest BCUT2D eigenvalue weighted by Crippen LogP contribution is 2.24. The van der Waals surface area contributed by atoms with Gasteiger partial charge in [-0.05, 0) is 18.6 Å². The van der Waals surface area contributed by atoms with Gasteiger partial charge in [0.15, 0.2) is 11.0 Å². The molecule has 0 amide bonds. The fourth-order valence-corrected chi connectivity index (χ4v) is 2.99. The summed E-state index contributed by atoms with van der Waals surface area (Å²) in [4.78, 5) is 9.03. The lowest BCUT2D eigenvalue weighted by Gasteiger charge is -1.99. The summed E-state index contributed by atoms with van der Waals surface area (Å²) in [6, 6.07) is 8.13. The Labute approximate surface area is 127 Å². The van der Waals surface area contributed by atoms with E-state index in [-0.39, 0.29) is 0 Å². The van der Waals surface area contributed by atoms with Gasteiger partial charge >= 0.3 is 0 Å². The van der Waals surface area contributed by atoms with Gasteiger partial charge in [0.25, 0.3) is 0 Å². The third-order valence-corrected chi connectivity index (χ3v) is 4.36. The van der Waals surface area contributed by atoms with Gasteiger partial charge in [-0.15, -0.1) is 0 Å². The van der Waals surface area contributed by atoms with E-state index < -0.39 is 0 Å². The summed E-state index contributed by atoms with van der Waals surface area (Å²) < 4.78 is 7.34. The van der Waals surface area contributed by atoms with Gasteiger partial charge in [-0.2, -0.15) is 4.98 Å². The molecule has 6 heteroatoms. The van der Waals surface area contributed by atoms with Crippen molar-refractivity contribution in [2.24, 2.45) is 7.05 Å². The van der Waals surface area contributed by atoms with Crippen molar-refractivity contribution in [2.45, 2.75) is 37.1 Å². The predicted molar refractivity (Wildman–Crippen MR) is 83.2 cm³/mol. The molecule has 3 rings (SSSR count). The number of rotatable bonds is 6. The molecule has 2 heterocycles. The minimum Gasteiger partial charge on any atom is -0.339 e. The lowest BCUT2D eigenvalue weighted by molar-refractivity contribution is 0.371. The lowest BCUT2D eigenvalue weighted by Crippen LogP contribution is -1.92. The van der Waals surface area contributed by atoms with Crippen molar-refractivity contribution in [1.29, 1.82) is 0 Å². The predicted octanol–water partition coefficient (Wildman–Crippen LogP) is 3.59. The van der Waals surface area contributed by atoms with Gasteiger partial charge in [-0.25, -0.2) is 4.98 Å². The van der Waals surface area contributed by atoms with E-state index in [1.54, 1.807) is 11.8 Å². The molecular weight excluding hydrogens is 284 g/mol. The largest absolute Gasteiger partial charge is 0.339 e. The first kappa shape index (κ1) is 14.1. The summed E-state index contributed by atoms with van der Waals surface area (Å²) in [6.45, 7) is 2.15. The number of thioether (sulfide) groups is 1. The van der Waals surface area contributed by atoms with Crippen molar-refractivity contribution in [3.05, 3.63) is 36.0 Å². The summed E-state index contributed by atoms with van der Waals surface area (Å²) >= 11 is 1.63. The van der Waals surface area contributed by atoms with Gasteiger partial charge in [0.2, 0.25) is 5.89 Å². The molecule has 2 aromatic heterocycles. The Morgan fingerprint density at radius 3 is 2.90 bits per heavy atom. The number of aromatic nitrogens is 4. The smallest absolute Gasteiger partial charge is 0.226 e. The third kappa shape index (κ3) is 3.10. The molecule has 0 N–H and O–H groups in total. The van der Waals surface area contributed by atoms with E-state index in [0.29, 0.717) is 5.75 Å². The molecule has 5 nitrogen and oxygen atoms in total. The van der Waals surface area contributed by atoms with Crippen molar-refractivity contribution in [1.82, 2.24) is 19.7 Å². The van der Waals surface area contributed by atoms with Crippen molar-refractivity contribution in [3.8, 4) is 0 Å². The van der Waals surface area contributed by atoms with Crippen LogP contribution in [-0.2, 0) is 19.2 Å². The molecule has 0 aliphatic rings. The third-order valence-electron chi connectivity index (χ3n) is 3.33. The number of hydrogen-bond donors (Lipinski definition) is 0. The fraction of sp³-hybridized carbons (Fsp3) is 0.400. The van der Waals surface area contributed by atoms with E-state index in [0.717, 1.165) is 47.2 Å². The zero-order valence-corrected chi connectivity index (χ0v) is 13.1. The average Bonchev–Trinajstić information content (AvgIpc) is 3.08. The van der Waals surface area contributed by atoms with E-state index in [9.17, 15) is 0 Å². The van der Waals surface area contributed by atoms with Crippen LogP contribution in [0.2, 0.25) is 0 Å². The molecule has 0 aliphatic carbocycles. The quantitative estimate of drug-likeness (QED) is 0.651. The second kappa shape index (κ2) is 6.30. The molecule has 0 aliphatic heterocycles. The Balaban J connectivity index is 1.68. The maximum atomic E-state index is 5.24. The van der Waals surface area contributed by atoms with E-state index >= 15 is 0 Å². The highest BCUT2D eigenvalue weighted by molar-refractivity contribution is 7.98. The van der Waals surface area contributed by atoms with Gasteiger partial charge in [0.1, 0.15) is 0 Å². The van der Waals surface area contributed by atoms with Crippen molar-refractivity contribution in [2.75, 3.05) is 0 Å². The minimum absolute atomic E-state index is 0.673. The van der Waals surface area contributed by atoms with Crippen LogP contribution in [0.5, 0.6) is 0 Å². The normalized spacial score (nSPS) is 11.3. The molecule has 0 unspecified atom stereocenters. The number of imidazole rings is 1. The monoisotopic (exact) mass is 302 g/mol. The van der Waals surface area contributed by atoms with Gasteiger partial charge in [-0.3, -0.25) is 0 Å². The fourth-order valence-electron chi connectivity index (χ4n) is 2.16. The summed E-state index contributed by atoms with van der Waals surface area (Å²) in [5.74, 6) is 2.14. The number of para-hydroxylation sites is 2. The number of fused-ring (bicyclic) bond motifs is 1. The van der Waals surface area contributed by atoms with Crippen LogP contribution in [0.1, 0.15) is 31.5 Å². The molecule has 0 spiro atoms. The molecule has 110 valence electrons. The number of benzene rings is 1. The number of hydrogen-bond acceptors (Lipinski definition) is 5. The van der Waals surface area contributed by atoms with E-state index in [1.807, 2.05) is 25.2 Å². The maximum absolute atomic E-state index is 5.24. The number of nitrogens with zero attached hydrogens (tertiary/aromatic N) is 4. The summed E-state index contributed by atoms with van der Waals surface area (Å²) in [5.41, 5.74) is 2.15.